The van der Waals surface area contributed by atoms with E-state index in [1.54, 1.807) is 32.0 Å². The lowest BCUT2D eigenvalue weighted by atomic mass is 9.97. The largest absolute Gasteiger partial charge is 0.483 e. The maximum atomic E-state index is 14.3. The third-order valence-electron chi connectivity index (χ3n) is 4.90. The van der Waals surface area contributed by atoms with Crippen molar-refractivity contribution in [3.63, 3.8) is 0 Å². The fourth-order valence-corrected chi connectivity index (χ4v) is 4.47. The Morgan fingerprint density at radius 3 is 2.62 bits per heavy atom. The second kappa shape index (κ2) is 7.92. The van der Waals surface area contributed by atoms with Crippen molar-refractivity contribution in [2.45, 2.75) is 19.4 Å². The van der Waals surface area contributed by atoms with Gasteiger partial charge in [0.05, 0.1) is 21.6 Å². The second-order valence-electron chi connectivity index (χ2n) is 7.43. The van der Waals surface area contributed by atoms with Crippen molar-refractivity contribution < 1.29 is 19.0 Å². The molecular weight excluding hydrogens is 459 g/mol. The molecule has 2 N–H and O–H groups in total. The molecule has 4 aromatic rings. The van der Waals surface area contributed by atoms with Crippen LogP contribution in [-0.2, 0) is 5.60 Å². The van der Waals surface area contributed by atoms with Gasteiger partial charge in [-0.1, -0.05) is 29.8 Å². The summed E-state index contributed by atoms with van der Waals surface area (Å²) >= 11 is 7.11. The van der Waals surface area contributed by atoms with Gasteiger partial charge in [0.2, 0.25) is 0 Å². The number of carboxylic acid groups (broad SMARTS) is 1. The predicted molar refractivity (Wildman–Crippen MR) is 120 cm³/mol. The minimum Gasteiger partial charge on any atom is -0.483 e. The molecule has 0 aliphatic carbocycles. The van der Waals surface area contributed by atoms with Gasteiger partial charge in [0.25, 0.3) is 5.56 Å². The molecule has 2 aromatic carbocycles. The third kappa shape index (κ3) is 3.69. The first kappa shape index (κ1) is 21.8. The molecule has 2 heterocycles. The van der Waals surface area contributed by atoms with Gasteiger partial charge in [0, 0.05) is 17.0 Å². The van der Waals surface area contributed by atoms with Gasteiger partial charge < -0.3 is 14.8 Å². The average molecular weight is 475 g/mol. The molecule has 0 fully saturated rings. The fraction of sp³-hybridized carbons (Fsp3) is 0.136. The van der Waals surface area contributed by atoms with Crippen LogP contribution in [0, 0.1) is 5.82 Å². The highest BCUT2D eigenvalue weighted by Gasteiger charge is 2.27. The summed E-state index contributed by atoms with van der Waals surface area (Å²) in [7, 11) is 0. The molecule has 4 rings (SSSR count). The number of ether oxygens (including phenoxy) is 1. The summed E-state index contributed by atoms with van der Waals surface area (Å²) in [6.45, 7) is 3.35. The first-order valence-corrected chi connectivity index (χ1v) is 10.6. The SMILES string of the molecule is CC(C)(Oc1ccc(Cl)c(-n2c(=O)[nH]c3csc(C(=O)O)c3c2=O)c1)c1ccccc1F. The Morgan fingerprint density at radius 1 is 1.22 bits per heavy atom. The molecule has 0 amide bonds. The first-order chi connectivity index (χ1) is 15.1. The quantitative estimate of drug-likeness (QED) is 0.442. The van der Waals surface area contributed by atoms with Crippen LogP contribution in [0.4, 0.5) is 4.39 Å². The molecule has 0 unspecified atom stereocenters. The van der Waals surface area contributed by atoms with Crippen LogP contribution in [-0.4, -0.2) is 20.6 Å². The van der Waals surface area contributed by atoms with Crippen LogP contribution >= 0.6 is 22.9 Å². The van der Waals surface area contributed by atoms with Gasteiger partial charge in [-0.15, -0.1) is 11.3 Å². The number of aromatic nitrogens is 2. The number of thiophene rings is 1. The van der Waals surface area contributed by atoms with Gasteiger partial charge in [-0.05, 0) is 32.0 Å². The summed E-state index contributed by atoms with van der Waals surface area (Å²) in [4.78, 5) is 39.6. The minimum atomic E-state index is -1.28. The second-order valence-corrected chi connectivity index (χ2v) is 8.72. The molecule has 0 saturated carbocycles. The van der Waals surface area contributed by atoms with E-state index in [9.17, 15) is 23.9 Å². The van der Waals surface area contributed by atoms with Crippen molar-refractivity contribution in [3.05, 3.63) is 90.0 Å². The zero-order chi connectivity index (χ0) is 23.2. The molecule has 0 aliphatic rings. The number of halogens is 2. The van der Waals surface area contributed by atoms with Crippen LogP contribution in [0.1, 0.15) is 29.1 Å². The van der Waals surface area contributed by atoms with Crippen molar-refractivity contribution in [2.24, 2.45) is 0 Å². The molecule has 0 aliphatic heterocycles. The van der Waals surface area contributed by atoms with E-state index in [4.69, 9.17) is 16.3 Å². The lowest BCUT2D eigenvalue weighted by Gasteiger charge is -2.27. The molecule has 2 aromatic heterocycles. The highest BCUT2D eigenvalue weighted by Crippen LogP contribution is 2.32. The number of carboxylic acids is 1. The topological polar surface area (TPSA) is 101 Å². The van der Waals surface area contributed by atoms with Crippen molar-refractivity contribution in [2.75, 3.05) is 0 Å². The van der Waals surface area contributed by atoms with Gasteiger partial charge in [0.1, 0.15) is 22.0 Å². The number of nitrogens with one attached hydrogen (secondary N) is 1. The molecule has 0 radical (unpaired) electrons. The molecule has 0 spiro atoms. The standard InChI is InChI=1S/C22H16ClFN2O5S/c1-22(2,12-5-3-4-6-14(12)24)31-11-7-8-13(23)16(9-11)26-19(27)17-15(25-21(26)30)10-32-18(17)20(28)29/h3-10H,1-2H3,(H,25,30)(H,28,29). The molecule has 0 saturated heterocycles. The maximum absolute atomic E-state index is 14.3. The van der Waals surface area contributed by atoms with E-state index >= 15 is 0 Å². The Kier molecular flexibility index (Phi) is 5.39. The summed E-state index contributed by atoms with van der Waals surface area (Å²) in [6, 6.07) is 10.5. The summed E-state index contributed by atoms with van der Waals surface area (Å²) in [5.41, 5.74) is -2.24. The Morgan fingerprint density at radius 2 is 1.94 bits per heavy atom. The van der Waals surface area contributed by atoms with Crippen LogP contribution in [0.15, 0.2) is 57.4 Å². The van der Waals surface area contributed by atoms with E-state index in [2.05, 4.69) is 4.98 Å². The molecule has 0 bridgehead atoms. The Bertz CT molecular complexity index is 1490. The molecule has 164 valence electrons. The van der Waals surface area contributed by atoms with Crippen molar-refractivity contribution in [1.29, 1.82) is 0 Å². The van der Waals surface area contributed by atoms with Gasteiger partial charge >= 0.3 is 11.7 Å². The molecule has 7 nitrogen and oxygen atoms in total. The third-order valence-corrected chi connectivity index (χ3v) is 6.19. The van der Waals surface area contributed by atoms with Crippen LogP contribution in [0.3, 0.4) is 0 Å². The van der Waals surface area contributed by atoms with E-state index in [1.807, 2.05) is 0 Å². The maximum Gasteiger partial charge on any atom is 0.346 e. The van der Waals surface area contributed by atoms with E-state index in [0.29, 0.717) is 5.56 Å². The summed E-state index contributed by atoms with van der Waals surface area (Å²) in [6.07, 6.45) is 0. The average Bonchev–Trinajstić information content (AvgIpc) is 3.14. The molecule has 10 heteroatoms. The van der Waals surface area contributed by atoms with Crippen LogP contribution in [0.25, 0.3) is 16.6 Å². The number of benzene rings is 2. The monoisotopic (exact) mass is 474 g/mol. The number of fused-ring (bicyclic) bond motifs is 1. The van der Waals surface area contributed by atoms with Gasteiger partial charge in [-0.2, -0.15) is 0 Å². The van der Waals surface area contributed by atoms with Crippen molar-refractivity contribution >= 4 is 39.8 Å². The smallest absolute Gasteiger partial charge is 0.346 e. The summed E-state index contributed by atoms with van der Waals surface area (Å²) in [5.74, 6) is -1.49. The zero-order valence-electron chi connectivity index (χ0n) is 16.8. The van der Waals surface area contributed by atoms with E-state index in [1.165, 1.54) is 29.6 Å². The number of nitrogens with zero attached hydrogens (tertiary/aromatic N) is 1. The Labute approximate surface area is 189 Å². The first-order valence-electron chi connectivity index (χ1n) is 9.34. The number of aromatic carboxylic acids is 1. The fourth-order valence-electron chi connectivity index (χ4n) is 3.44. The Balaban J connectivity index is 1.86. The van der Waals surface area contributed by atoms with Crippen LogP contribution in [0.5, 0.6) is 5.75 Å². The van der Waals surface area contributed by atoms with Gasteiger partial charge in [-0.3, -0.25) is 4.79 Å². The molecule has 0 atom stereocenters. The predicted octanol–water partition coefficient (Wildman–Crippen LogP) is 4.55. The van der Waals surface area contributed by atoms with Crippen LogP contribution < -0.4 is 16.0 Å². The van der Waals surface area contributed by atoms with Crippen molar-refractivity contribution in [3.8, 4) is 11.4 Å². The highest BCUT2D eigenvalue weighted by molar-refractivity contribution is 7.13. The number of aromatic amines is 1. The number of H-pyrrole nitrogens is 1. The molecule has 32 heavy (non-hydrogen) atoms. The van der Waals surface area contributed by atoms with Crippen LogP contribution in [0.2, 0.25) is 5.02 Å². The van der Waals surface area contributed by atoms with Crippen molar-refractivity contribution in [1.82, 2.24) is 9.55 Å². The highest BCUT2D eigenvalue weighted by atomic mass is 35.5. The van der Waals surface area contributed by atoms with E-state index in [0.717, 1.165) is 15.9 Å². The van der Waals surface area contributed by atoms with Gasteiger partial charge in [-0.25, -0.2) is 18.5 Å². The molecular formula is C22H16ClFN2O5S. The number of hydrogen-bond acceptors (Lipinski definition) is 5. The summed E-state index contributed by atoms with van der Waals surface area (Å²) in [5, 5.41) is 10.7. The number of rotatable bonds is 5. The summed E-state index contributed by atoms with van der Waals surface area (Å²) < 4.78 is 21.0. The lowest BCUT2D eigenvalue weighted by Crippen LogP contribution is -2.34. The minimum absolute atomic E-state index is 0.00388. The van der Waals surface area contributed by atoms with Gasteiger partial charge in [0.15, 0.2) is 0 Å². The normalized spacial score (nSPS) is 11.6. The lowest BCUT2D eigenvalue weighted by molar-refractivity contribution is 0.0704. The number of hydrogen-bond donors (Lipinski definition) is 2. The zero-order valence-corrected chi connectivity index (χ0v) is 18.4. The Hall–Kier alpha value is -3.43. The van der Waals surface area contributed by atoms with E-state index in [-0.39, 0.29) is 32.2 Å². The van der Waals surface area contributed by atoms with E-state index < -0.39 is 28.6 Å². The number of carbonyl (C=O) groups is 1.